The summed E-state index contributed by atoms with van der Waals surface area (Å²) in [7, 11) is 2.45. The lowest BCUT2D eigenvalue weighted by molar-refractivity contribution is -0.137. The average molecular weight is 592 g/mol. The highest BCUT2D eigenvalue weighted by atomic mass is 31.2. The number of hydrogen-bond acceptors (Lipinski definition) is 9. The van der Waals surface area contributed by atoms with Gasteiger partial charge in [0.1, 0.15) is 18.5 Å². The molecular formula is C27H33F3N7O3P. The molecule has 220 valence electrons. The van der Waals surface area contributed by atoms with E-state index in [1.165, 1.54) is 19.2 Å². The Hall–Kier alpha value is -3.67. The number of aromatic nitrogens is 2. The molecule has 1 saturated heterocycles. The highest BCUT2D eigenvalue weighted by molar-refractivity contribution is 7.70. The molecule has 4 rings (SSSR count). The number of nitrogens with zero attached hydrogens (tertiary/aromatic N) is 4. The van der Waals surface area contributed by atoms with Gasteiger partial charge in [0.05, 0.1) is 12.8 Å². The standard InChI is InChI=1S/C27H33F3N7O3P/c1-36(2)20-12-13-37(16-20)19-10-11-22(23(14-19)41(4,5)39)33-24-21(27(28,29)30)15-31-26(34-24)32-18-8-6-17(7-9-18)25(38)35-40-3/h6-11,14-15,20H,12-13,16H2,1-5H3,(H,35,38)(H2,31,32,33,34)/t20-/m1/s1. The monoisotopic (exact) mass is 591 g/mol. The summed E-state index contributed by atoms with van der Waals surface area (Å²) in [4.78, 5) is 28.8. The van der Waals surface area contributed by atoms with Crippen molar-refractivity contribution in [2.75, 3.05) is 63.2 Å². The van der Waals surface area contributed by atoms with Gasteiger partial charge >= 0.3 is 6.18 Å². The number of rotatable bonds is 9. The van der Waals surface area contributed by atoms with E-state index in [1.807, 2.05) is 20.2 Å². The van der Waals surface area contributed by atoms with Gasteiger partial charge in [-0.15, -0.1) is 0 Å². The Morgan fingerprint density at radius 2 is 1.83 bits per heavy atom. The highest BCUT2D eigenvalue weighted by Crippen LogP contribution is 2.42. The van der Waals surface area contributed by atoms with Gasteiger partial charge in [-0.1, -0.05) is 0 Å². The van der Waals surface area contributed by atoms with Crippen molar-refractivity contribution >= 4 is 47.2 Å². The Bertz CT molecular complexity index is 1450. The van der Waals surface area contributed by atoms with Crippen LogP contribution in [0.5, 0.6) is 0 Å². The quantitative estimate of drug-likeness (QED) is 0.242. The molecule has 1 aromatic heterocycles. The molecule has 1 aliphatic rings. The summed E-state index contributed by atoms with van der Waals surface area (Å²) in [5.74, 6) is -1.04. The number of anilines is 5. The number of hydroxylamine groups is 1. The molecule has 1 fully saturated rings. The number of likely N-dealkylation sites (N-methyl/N-ethyl adjacent to an activating group) is 1. The van der Waals surface area contributed by atoms with Crippen molar-refractivity contribution in [1.29, 1.82) is 0 Å². The van der Waals surface area contributed by atoms with E-state index in [4.69, 9.17) is 0 Å². The molecule has 1 amide bonds. The molecule has 3 aromatic rings. The molecule has 1 atom stereocenters. The minimum absolute atomic E-state index is 0.101. The molecule has 0 spiro atoms. The largest absolute Gasteiger partial charge is 0.421 e. The Morgan fingerprint density at radius 3 is 2.41 bits per heavy atom. The van der Waals surface area contributed by atoms with Crippen LogP contribution < -0.4 is 26.3 Å². The smallest absolute Gasteiger partial charge is 0.370 e. The van der Waals surface area contributed by atoms with Gasteiger partial charge in [0.15, 0.2) is 0 Å². The van der Waals surface area contributed by atoms with Crippen LogP contribution in [0.1, 0.15) is 22.3 Å². The predicted octanol–water partition coefficient (Wildman–Crippen LogP) is 4.66. The topological polar surface area (TPSA) is 112 Å². The molecule has 0 bridgehead atoms. The number of hydrogen-bond donors (Lipinski definition) is 3. The van der Waals surface area contributed by atoms with E-state index in [0.29, 0.717) is 28.8 Å². The Labute approximate surface area is 236 Å². The number of nitrogens with one attached hydrogen (secondary N) is 3. The summed E-state index contributed by atoms with van der Waals surface area (Å²) in [6, 6.07) is 11.8. The summed E-state index contributed by atoms with van der Waals surface area (Å²) in [6.45, 7) is 4.79. The van der Waals surface area contributed by atoms with Crippen LogP contribution in [0, 0.1) is 0 Å². The SMILES string of the molecule is CONC(=O)c1ccc(Nc2ncc(C(F)(F)F)c(Nc3ccc(N4CC[C@@H](N(C)C)C4)cc3P(C)(C)=O)n2)cc1. The van der Waals surface area contributed by atoms with E-state index in [-0.39, 0.29) is 11.6 Å². The first kappa shape index (κ1) is 30.3. The second kappa shape index (κ2) is 12.1. The normalized spacial score (nSPS) is 15.7. The highest BCUT2D eigenvalue weighted by Gasteiger charge is 2.36. The fourth-order valence-electron chi connectivity index (χ4n) is 4.52. The molecule has 0 saturated carbocycles. The zero-order valence-electron chi connectivity index (χ0n) is 23.4. The van der Waals surface area contributed by atoms with Crippen LogP contribution in [0.2, 0.25) is 0 Å². The summed E-state index contributed by atoms with van der Waals surface area (Å²) in [5.41, 5.74) is 3.03. The number of amides is 1. The molecule has 1 aliphatic heterocycles. The third-order valence-corrected chi connectivity index (χ3v) is 8.30. The van der Waals surface area contributed by atoms with E-state index >= 15 is 0 Å². The first-order valence-corrected chi connectivity index (χ1v) is 15.4. The first-order valence-electron chi connectivity index (χ1n) is 12.8. The number of halogens is 3. The molecular weight excluding hydrogens is 558 g/mol. The Kier molecular flexibility index (Phi) is 8.91. The average Bonchev–Trinajstić information content (AvgIpc) is 3.39. The molecule has 3 N–H and O–H groups in total. The van der Waals surface area contributed by atoms with Gasteiger partial charge in [-0.2, -0.15) is 18.2 Å². The van der Waals surface area contributed by atoms with Crippen LogP contribution in [0.25, 0.3) is 0 Å². The second-order valence-electron chi connectivity index (χ2n) is 10.3. The molecule has 0 unspecified atom stereocenters. The van der Waals surface area contributed by atoms with Crippen molar-refractivity contribution < 1.29 is 27.4 Å². The summed E-state index contributed by atoms with van der Waals surface area (Å²) in [5, 5.41) is 6.07. The van der Waals surface area contributed by atoms with Crippen molar-refractivity contribution in [3.8, 4) is 0 Å². The van der Waals surface area contributed by atoms with Crippen LogP contribution in [0.15, 0.2) is 48.7 Å². The van der Waals surface area contributed by atoms with Gasteiger partial charge < -0.3 is 25.0 Å². The zero-order chi connectivity index (χ0) is 29.9. The van der Waals surface area contributed by atoms with Crippen molar-refractivity contribution in [1.82, 2.24) is 20.3 Å². The van der Waals surface area contributed by atoms with Crippen LogP contribution in [0.4, 0.5) is 42.0 Å². The predicted molar refractivity (Wildman–Crippen MR) is 154 cm³/mol. The lowest BCUT2D eigenvalue weighted by Gasteiger charge is -2.24. The number of carbonyl (C=O) groups is 1. The van der Waals surface area contributed by atoms with Crippen LogP contribution in [0.3, 0.4) is 0 Å². The Balaban J connectivity index is 1.65. The fourth-order valence-corrected chi connectivity index (χ4v) is 5.68. The molecule has 41 heavy (non-hydrogen) atoms. The Morgan fingerprint density at radius 1 is 1.12 bits per heavy atom. The number of alkyl halides is 3. The van der Waals surface area contributed by atoms with Gasteiger partial charge in [0.2, 0.25) is 5.95 Å². The molecule has 10 nitrogen and oxygen atoms in total. The lowest BCUT2D eigenvalue weighted by atomic mass is 10.2. The van der Waals surface area contributed by atoms with Gasteiger partial charge in [0.25, 0.3) is 5.91 Å². The number of carbonyl (C=O) groups excluding carboxylic acids is 1. The summed E-state index contributed by atoms with van der Waals surface area (Å²) < 4.78 is 55.1. The maximum absolute atomic E-state index is 13.9. The molecule has 2 aromatic carbocycles. The molecule has 0 aliphatic carbocycles. The van der Waals surface area contributed by atoms with Gasteiger partial charge in [0, 0.05) is 47.6 Å². The van der Waals surface area contributed by atoms with E-state index in [2.05, 4.69) is 40.7 Å². The van der Waals surface area contributed by atoms with Crippen molar-refractivity contribution in [3.63, 3.8) is 0 Å². The fraction of sp³-hybridized carbons (Fsp3) is 0.370. The minimum Gasteiger partial charge on any atom is -0.370 e. The first-order chi connectivity index (χ1) is 19.3. The maximum atomic E-state index is 13.9. The second-order valence-corrected chi connectivity index (χ2v) is 13.5. The van der Waals surface area contributed by atoms with Gasteiger partial charge in [-0.05, 0) is 76.3 Å². The van der Waals surface area contributed by atoms with E-state index in [1.54, 1.807) is 37.6 Å². The van der Waals surface area contributed by atoms with Crippen LogP contribution in [-0.4, -0.2) is 74.4 Å². The summed E-state index contributed by atoms with van der Waals surface area (Å²) in [6.07, 6.45) is -3.07. The van der Waals surface area contributed by atoms with Crippen molar-refractivity contribution in [2.45, 2.75) is 18.6 Å². The molecule has 0 radical (unpaired) electrons. The molecule has 2 heterocycles. The van der Waals surface area contributed by atoms with Crippen molar-refractivity contribution in [3.05, 3.63) is 59.8 Å². The van der Waals surface area contributed by atoms with Crippen LogP contribution >= 0.6 is 7.14 Å². The maximum Gasteiger partial charge on any atom is 0.421 e. The van der Waals surface area contributed by atoms with E-state index in [9.17, 15) is 22.5 Å². The van der Waals surface area contributed by atoms with Crippen LogP contribution in [-0.2, 0) is 15.6 Å². The van der Waals surface area contributed by atoms with E-state index < -0.39 is 30.6 Å². The summed E-state index contributed by atoms with van der Waals surface area (Å²) >= 11 is 0. The van der Waals surface area contributed by atoms with Crippen molar-refractivity contribution in [2.24, 2.45) is 0 Å². The third-order valence-electron chi connectivity index (χ3n) is 6.77. The van der Waals surface area contributed by atoms with E-state index in [0.717, 1.165) is 25.2 Å². The third kappa shape index (κ3) is 7.35. The van der Waals surface area contributed by atoms with Gasteiger partial charge in [-0.3, -0.25) is 9.63 Å². The number of benzene rings is 2. The lowest BCUT2D eigenvalue weighted by Crippen LogP contribution is -2.31. The molecule has 14 heteroatoms. The minimum atomic E-state index is -4.74. The zero-order valence-corrected chi connectivity index (χ0v) is 24.3. The van der Waals surface area contributed by atoms with Gasteiger partial charge in [-0.25, -0.2) is 10.5 Å².